The molecule has 0 N–H and O–H groups in total. The second kappa shape index (κ2) is 10.3. The SMILES string of the molecule is CCC(=O)N1CCc2cc(Br)cc(S(=O)(=O)CCC(=O)N3CCN(c4cccc(Cl)c4)CC3)c21. The van der Waals surface area contributed by atoms with Crippen LogP contribution in [0.4, 0.5) is 11.4 Å². The van der Waals surface area contributed by atoms with E-state index in [0.717, 1.165) is 11.3 Å². The van der Waals surface area contributed by atoms with Crippen LogP contribution in [0, 0.1) is 0 Å². The van der Waals surface area contributed by atoms with E-state index in [1.54, 1.807) is 22.8 Å². The number of carbonyl (C=O) groups excluding carboxylic acids is 2. The third kappa shape index (κ3) is 5.26. The number of carbonyl (C=O) groups is 2. The van der Waals surface area contributed by atoms with Crippen molar-refractivity contribution in [3.05, 3.63) is 51.5 Å². The monoisotopic (exact) mass is 567 g/mol. The third-order valence-electron chi connectivity index (χ3n) is 6.32. The second-order valence-electron chi connectivity index (χ2n) is 8.48. The molecule has 0 bridgehead atoms. The highest BCUT2D eigenvalue weighted by atomic mass is 79.9. The van der Waals surface area contributed by atoms with Crippen LogP contribution in [0.1, 0.15) is 25.3 Å². The molecule has 7 nitrogen and oxygen atoms in total. The second-order valence-corrected chi connectivity index (χ2v) is 11.9. The summed E-state index contributed by atoms with van der Waals surface area (Å²) in [5.74, 6) is -0.578. The molecule has 0 unspecified atom stereocenters. The Balaban J connectivity index is 1.42. The molecule has 0 radical (unpaired) electrons. The number of hydrogen-bond acceptors (Lipinski definition) is 5. The highest BCUT2D eigenvalue weighted by molar-refractivity contribution is 9.10. The molecule has 1 fully saturated rings. The Morgan fingerprint density at radius 3 is 2.44 bits per heavy atom. The molecule has 2 amide bonds. The van der Waals surface area contributed by atoms with Crippen LogP contribution in [0.25, 0.3) is 0 Å². The van der Waals surface area contributed by atoms with E-state index in [9.17, 15) is 18.0 Å². The van der Waals surface area contributed by atoms with Crippen LogP contribution in [0.2, 0.25) is 5.02 Å². The molecule has 0 aliphatic carbocycles. The summed E-state index contributed by atoms with van der Waals surface area (Å²) >= 11 is 9.48. The molecule has 0 atom stereocenters. The summed E-state index contributed by atoms with van der Waals surface area (Å²) in [5.41, 5.74) is 2.31. The van der Waals surface area contributed by atoms with Gasteiger partial charge in [0.15, 0.2) is 9.84 Å². The van der Waals surface area contributed by atoms with E-state index in [1.165, 1.54) is 0 Å². The van der Waals surface area contributed by atoms with Crippen molar-refractivity contribution in [2.45, 2.75) is 31.1 Å². The first-order valence-electron chi connectivity index (χ1n) is 11.3. The molecule has 2 aliphatic heterocycles. The van der Waals surface area contributed by atoms with E-state index in [-0.39, 0.29) is 28.9 Å². The molecule has 1 saturated heterocycles. The lowest BCUT2D eigenvalue weighted by molar-refractivity contribution is -0.131. The van der Waals surface area contributed by atoms with Crippen molar-refractivity contribution >= 4 is 60.6 Å². The summed E-state index contributed by atoms with van der Waals surface area (Å²) in [7, 11) is -3.77. The van der Waals surface area contributed by atoms with Gasteiger partial charge in [0, 0.05) is 60.7 Å². The number of anilines is 2. The molecule has 2 aliphatic rings. The number of fused-ring (bicyclic) bond motifs is 1. The lowest BCUT2D eigenvalue weighted by Crippen LogP contribution is -2.49. The molecule has 2 aromatic rings. The predicted molar refractivity (Wildman–Crippen MR) is 137 cm³/mol. The summed E-state index contributed by atoms with van der Waals surface area (Å²) in [6, 6.07) is 11.0. The highest BCUT2D eigenvalue weighted by Gasteiger charge is 2.32. The van der Waals surface area contributed by atoms with Gasteiger partial charge in [-0.2, -0.15) is 0 Å². The van der Waals surface area contributed by atoms with Gasteiger partial charge in [-0.05, 0) is 42.3 Å². The Morgan fingerprint density at radius 2 is 1.76 bits per heavy atom. The van der Waals surface area contributed by atoms with Gasteiger partial charge in [-0.1, -0.05) is 40.5 Å². The number of halogens is 2. The van der Waals surface area contributed by atoms with Gasteiger partial charge >= 0.3 is 0 Å². The quantitative estimate of drug-likeness (QED) is 0.528. The van der Waals surface area contributed by atoms with Crippen LogP contribution in [0.3, 0.4) is 0 Å². The molecule has 0 aromatic heterocycles. The number of hydrogen-bond donors (Lipinski definition) is 0. The summed E-state index contributed by atoms with van der Waals surface area (Å²) in [5, 5.41) is 0.666. The van der Waals surface area contributed by atoms with Crippen LogP contribution in [-0.2, 0) is 25.8 Å². The first-order chi connectivity index (χ1) is 16.2. The first kappa shape index (κ1) is 25.0. The number of benzene rings is 2. The van der Waals surface area contributed by atoms with Crippen LogP contribution < -0.4 is 9.80 Å². The topological polar surface area (TPSA) is 78.0 Å². The van der Waals surface area contributed by atoms with Crippen LogP contribution in [0.5, 0.6) is 0 Å². The fourth-order valence-corrected chi connectivity index (χ4v) is 6.87. The molecule has 0 saturated carbocycles. The van der Waals surface area contributed by atoms with Crippen LogP contribution >= 0.6 is 27.5 Å². The van der Waals surface area contributed by atoms with Crippen LogP contribution in [0.15, 0.2) is 45.8 Å². The summed E-state index contributed by atoms with van der Waals surface area (Å²) in [4.78, 5) is 30.8. The zero-order chi connectivity index (χ0) is 24.5. The Morgan fingerprint density at radius 1 is 1.03 bits per heavy atom. The van der Waals surface area contributed by atoms with Gasteiger partial charge < -0.3 is 14.7 Å². The van der Waals surface area contributed by atoms with Gasteiger partial charge in [-0.3, -0.25) is 9.59 Å². The average Bonchev–Trinajstić information content (AvgIpc) is 3.25. The molecule has 2 heterocycles. The van der Waals surface area contributed by atoms with E-state index < -0.39 is 9.84 Å². The zero-order valence-electron chi connectivity index (χ0n) is 19.0. The normalized spacial score (nSPS) is 16.0. The third-order valence-corrected chi connectivity index (χ3v) is 8.74. The molecule has 10 heteroatoms. The maximum absolute atomic E-state index is 13.3. The molecule has 2 aromatic carbocycles. The Kier molecular flexibility index (Phi) is 7.54. The molecule has 0 spiro atoms. The summed E-state index contributed by atoms with van der Waals surface area (Å²) in [6.07, 6.45) is 0.815. The van der Waals surface area contributed by atoms with Gasteiger partial charge in [0.1, 0.15) is 0 Å². The van der Waals surface area contributed by atoms with Gasteiger partial charge in [-0.15, -0.1) is 0 Å². The van der Waals surface area contributed by atoms with Crippen molar-refractivity contribution in [2.75, 3.05) is 48.3 Å². The van der Waals surface area contributed by atoms with E-state index >= 15 is 0 Å². The van der Waals surface area contributed by atoms with E-state index in [0.29, 0.717) is 60.7 Å². The van der Waals surface area contributed by atoms with Gasteiger partial charge in [0.2, 0.25) is 11.8 Å². The van der Waals surface area contributed by atoms with Crippen molar-refractivity contribution in [1.29, 1.82) is 0 Å². The largest absolute Gasteiger partial charge is 0.368 e. The number of piperazine rings is 1. The van der Waals surface area contributed by atoms with E-state index in [4.69, 9.17) is 11.6 Å². The van der Waals surface area contributed by atoms with Crippen molar-refractivity contribution in [3.8, 4) is 0 Å². The number of amides is 2. The molecular formula is C24H27BrClN3O4S. The fourth-order valence-electron chi connectivity index (χ4n) is 4.52. The van der Waals surface area contributed by atoms with E-state index in [2.05, 4.69) is 20.8 Å². The van der Waals surface area contributed by atoms with Gasteiger partial charge in [-0.25, -0.2) is 8.42 Å². The average molecular weight is 569 g/mol. The minimum atomic E-state index is -3.77. The van der Waals surface area contributed by atoms with E-state index in [1.807, 2.05) is 30.3 Å². The number of rotatable bonds is 6. The molecular weight excluding hydrogens is 542 g/mol. The Bertz CT molecular complexity index is 1210. The van der Waals surface area contributed by atoms with Crippen molar-refractivity contribution in [1.82, 2.24) is 4.90 Å². The first-order valence-corrected chi connectivity index (χ1v) is 14.2. The van der Waals surface area contributed by atoms with Crippen molar-refractivity contribution < 1.29 is 18.0 Å². The smallest absolute Gasteiger partial charge is 0.226 e. The fraction of sp³-hybridized carbons (Fsp3) is 0.417. The standard InChI is InChI=1S/C24H27BrClN3O4S/c1-2-22(30)29-8-6-17-14-18(25)15-21(24(17)29)34(32,33)13-7-23(31)28-11-9-27(10-12-28)20-5-3-4-19(26)16-20/h3-5,14-16H,2,6-13H2,1H3. The molecule has 182 valence electrons. The Labute approximate surface area is 213 Å². The maximum Gasteiger partial charge on any atom is 0.226 e. The molecule has 4 rings (SSSR count). The van der Waals surface area contributed by atoms with Crippen LogP contribution in [-0.4, -0.2) is 63.6 Å². The lowest BCUT2D eigenvalue weighted by atomic mass is 10.2. The van der Waals surface area contributed by atoms with Gasteiger partial charge in [0.05, 0.1) is 16.3 Å². The predicted octanol–water partition coefficient (Wildman–Crippen LogP) is 3.91. The Hall–Kier alpha value is -2.10. The minimum Gasteiger partial charge on any atom is -0.368 e. The van der Waals surface area contributed by atoms with Crippen molar-refractivity contribution in [3.63, 3.8) is 0 Å². The van der Waals surface area contributed by atoms with Crippen molar-refractivity contribution in [2.24, 2.45) is 0 Å². The highest BCUT2D eigenvalue weighted by Crippen LogP contribution is 2.38. The summed E-state index contributed by atoms with van der Waals surface area (Å²) < 4.78 is 27.3. The number of nitrogens with zero attached hydrogens (tertiary/aromatic N) is 3. The number of sulfone groups is 1. The minimum absolute atomic E-state index is 0.0947. The zero-order valence-corrected chi connectivity index (χ0v) is 22.1. The molecule has 34 heavy (non-hydrogen) atoms. The maximum atomic E-state index is 13.3. The summed E-state index contributed by atoms with van der Waals surface area (Å²) in [6.45, 7) is 4.60. The lowest BCUT2D eigenvalue weighted by Gasteiger charge is -2.36. The van der Waals surface area contributed by atoms with Gasteiger partial charge in [0.25, 0.3) is 0 Å².